The molecule has 0 radical (unpaired) electrons. The number of alkyl halides is 3. The van der Waals surface area contributed by atoms with E-state index in [1.807, 2.05) is 24.3 Å². The summed E-state index contributed by atoms with van der Waals surface area (Å²) in [7, 11) is 2.11. The molecule has 1 aliphatic heterocycles. The molecule has 9 nitrogen and oxygen atoms in total. The van der Waals surface area contributed by atoms with E-state index in [9.17, 15) is 18.0 Å². The van der Waals surface area contributed by atoms with Gasteiger partial charge in [-0.25, -0.2) is 15.0 Å². The first-order valence-corrected chi connectivity index (χ1v) is 14.9. The summed E-state index contributed by atoms with van der Waals surface area (Å²) in [6.45, 7) is 3.56. The minimum atomic E-state index is -4.59. The second-order valence-electron chi connectivity index (χ2n) is 11.6. The Bertz CT molecular complexity index is 1900. The number of benzene rings is 2. The molecule has 0 unspecified atom stereocenters. The SMILES string of the molecule is CN1CCN(c2ccc(Nc3ncc4cc(-c5cnc(C6CC6)nc5)c(=O)n(Cc5ccccc5C(F)(F)F)c4n3)cc2)CC1. The van der Waals surface area contributed by atoms with Gasteiger partial charge in [0.05, 0.1) is 17.7 Å². The number of anilines is 3. The van der Waals surface area contributed by atoms with Crippen LogP contribution in [0.15, 0.2) is 78.0 Å². The van der Waals surface area contributed by atoms with E-state index in [1.165, 1.54) is 22.8 Å². The van der Waals surface area contributed by atoms with Gasteiger partial charge >= 0.3 is 6.18 Å². The lowest BCUT2D eigenvalue weighted by molar-refractivity contribution is -0.138. The van der Waals surface area contributed by atoms with E-state index in [0.29, 0.717) is 16.9 Å². The lowest BCUT2D eigenvalue weighted by atomic mass is 10.1. The highest BCUT2D eigenvalue weighted by Crippen LogP contribution is 2.38. The number of pyridine rings is 1. The van der Waals surface area contributed by atoms with Crippen LogP contribution in [0.2, 0.25) is 0 Å². The fourth-order valence-electron chi connectivity index (χ4n) is 5.66. The maximum absolute atomic E-state index is 14.0. The van der Waals surface area contributed by atoms with Crippen molar-refractivity contribution in [2.24, 2.45) is 0 Å². The molecule has 0 bridgehead atoms. The third-order valence-electron chi connectivity index (χ3n) is 8.40. The number of piperazine rings is 1. The van der Waals surface area contributed by atoms with Crippen molar-refractivity contribution in [2.45, 2.75) is 31.5 Å². The highest BCUT2D eigenvalue weighted by Gasteiger charge is 2.33. The molecule has 5 aromatic rings. The molecule has 1 N–H and O–H groups in total. The first-order valence-electron chi connectivity index (χ1n) is 14.9. The highest BCUT2D eigenvalue weighted by atomic mass is 19.4. The molecule has 230 valence electrons. The third-order valence-corrected chi connectivity index (χ3v) is 8.40. The Balaban J connectivity index is 1.26. The molecule has 2 aromatic carbocycles. The smallest absolute Gasteiger partial charge is 0.369 e. The molecule has 2 fully saturated rings. The molecule has 0 amide bonds. The number of halogens is 3. The summed E-state index contributed by atoms with van der Waals surface area (Å²) in [6.07, 6.45) is 2.25. The van der Waals surface area contributed by atoms with Gasteiger partial charge in [-0.05, 0) is 61.9 Å². The van der Waals surface area contributed by atoms with Crippen molar-refractivity contribution in [3.63, 3.8) is 0 Å². The average molecular weight is 613 g/mol. The summed E-state index contributed by atoms with van der Waals surface area (Å²) in [5.41, 5.74) is 1.47. The van der Waals surface area contributed by atoms with Crippen molar-refractivity contribution in [3.8, 4) is 11.1 Å². The van der Waals surface area contributed by atoms with Gasteiger partial charge in [-0.15, -0.1) is 0 Å². The maximum atomic E-state index is 14.0. The molecule has 12 heteroatoms. The second kappa shape index (κ2) is 11.6. The van der Waals surface area contributed by atoms with Gasteiger partial charge in [0.1, 0.15) is 11.5 Å². The zero-order valence-corrected chi connectivity index (χ0v) is 24.6. The fraction of sp³-hybridized carbons (Fsp3) is 0.303. The molecular weight excluding hydrogens is 581 g/mol. The molecule has 3 aromatic heterocycles. The molecular formula is C33H31F3N8O. The minimum Gasteiger partial charge on any atom is -0.369 e. The summed E-state index contributed by atoms with van der Waals surface area (Å²) in [6, 6.07) is 14.8. The van der Waals surface area contributed by atoms with Crippen LogP contribution in [0.3, 0.4) is 0 Å². The fourth-order valence-corrected chi connectivity index (χ4v) is 5.66. The van der Waals surface area contributed by atoms with E-state index >= 15 is 0 Å². The summed E-state index contributed by atoms with van der Waals surface area (Å²) < 4.78 is 43.1. The molecule has 1 saturated carbocycles. The molecule has 0 atom stereocenters. The van der Waals surface area contributed by atoms with Gasteiger partial charge in [0.25, 0.3) is 5.56 Å². The van der Waals surface area contributed by atoms with Crippen LogP contribution in [-0.4, -0.2) is 62.6 Å². The largest absolute Gasteiger partial charge is 0.416 e. The van der Waals surface area contributed by atoms with Crippen molar-refractivity contribution in [1.82, 2.24) is 29.4 Å². The van der Waals surface area contributed by atoms with Crippen LogP contribution in [0.4, 0.5) is 30.5 Å². The number of likely N-dealkylation sites (N-methyl/N-ethyl adjacent to an activating group) is 1. The predicted molar refractivity (Wildman–Crippen MR) is 167 cm³/mol. The van der Waals surface area contributed by atoms with Crippen LogP contribution in [0.5, 0.6) is 0 Å². The normalized spacial score (nSPS) is 15.9. The number of hydrogen-bond acceptors (Lipinski definition) is 8. The monoisotopic (exact) mass is 612 g/mol. The van der Waals surface area contributed by atoms with E-state index < -0.39 is 17.3 Å². The molecule has 1 saturated heterocycles. The van der Waals surface area contributed by atoms with Gasteiger partial charge < -0.3 is 15.1 Å². The Morgan fingerprint density at radius 1 is 0.911 bits per heavy atom. The Hall–Kier alpha value is -4.84. The zero-order valence-electron chi connectivity index (χ0n) is 24.6. The van der Waals surface area contributed by atoms with Gasteiger partial charge in [0, 0.05) is 73.0 Å². The lowest BCUT2D eigenvalue weighted by Gasteiger charge is -2.34. The minimum absolute atomic E-state index is 0.0431. The van der Waals surface area contributed by atoms with Crippen LogP contribution in [0.1, 0.15) is 35.7 Å². The molecule has 7 rings (SSSR count). The molecule has 1 aliphatic carbocycles. The third kappa shape index (κ3) is 6.10. The van der Waals surface area contributed by atoms with Crippen molar-refractivity contribution in [2.75, 3.05) is 43.4 Å². The Labute approximate surface area is 257 Å². The predicted octanol–water partition coefficient (Wildman–Crippen LogP) is 5.69. The van der Waals surface area contributed by atoms with E-state index in [2.05, 4.69) is 42.1 Å². The number of hydrogen-bond donors (Lipinski definition) is 1. The van der Waals surface area contributed by atoms with Crippen LogP contribution < -0.4 is 15.8 Å². The first kappa shape index (κ1) is 28.9. The van der Waals surface area contributed by atoms with Gasteiger partial charge in [-0.2, -0.15) is 18.2 Å². The Morgan fingerprint density at radius 2 is 1.62 bits per heavy atom. The molecule has 2 aliphatic rings. The molecule has 45 heavy (non-hydrogen) atoms. The zero-order chi connectivity index (χ0) is 31.1. The lowest BCUT2D eigenvalue weighted by Crippen LogP contribution is -2.44. The van der Waals surface area contributed by atoms with Crippen molar-refractivity contribution in [1.29, 1.82) is 0 Å². The number of rotatable bonds is 7. The van der Waals surface area contributed by atoms with Gasteiger partial charge in [-0.1, -0.05) is 18.2 Å². The number of nitrogens with one attached hydrogen (secondary N) is 1. The summed E-state index contributed by atoms with van der Waals surface area (Å²) in [4.78, 5) is 36.6. The highest BCUT2D eigenvalue weighted by molar-refractivity contribution is 5.81. The van der Waals surface area contributed by atoms with Gasteiger partial charge in [-0.3, -0.25) is 9.36 Å². The summed E-state index contributed by atoms with van der Waals surface area (Å²) in [5, 5.41) is 3.68. The number of aromatic nitrogens is 5. The second-order valence-corrected chi connectivity index (χ2v) is 11.6. The summed E-state index contributed by atoms with van der Waals surface area (Å²) in [5.74, 6) is 1.29. The Morgan fingerprint density at radius 3 is 2.31 bits per heavy atom. The topological polar surface area (TPSA) is 92.1 Å². The van der Waals surface area contributed by atoms with Gasteiger partial charge in [0.2, 0.25) is 5.95 Å². The van der Waals surface area contributed by atoms with Crippen LogP contribution >= 0.6 is 0 Å². The van der Waals surface area contributed by atoms with Crippen molar-refractivity contribution in [3.05, 3.63) is 100 Å². The maximum Gasteiger partial charge on any atom is 0.416 e. The van der Waals surface area contributed by atoms with Gasteiger partial charge in [0.15, 0.2) is 0 Å². The van der Waals surface area contributed by atoms with E-state index in [4.69, 9.17) is 0 Å². The first-order chi connectivity index (χ1) is 21.7. The van der Waals surface area contributed by atoms with Crippen LogP contribution in [0.25, 0.3) is 22.2 Å². The molecule has 4 heterocycles. The Kier molecular flexibility index (Phi) is 7.44. The van der Waals surface area contributed by atoms with E-state index in [1.54, 1.807) is 24.7 Å². The standard InChI is InChI=1S/C33H31F3N8O/c1-42-12-14-43(15-13-42)26-10-8-25(9-11-26)40-32-39-17-23-16-27(24-18-37-29(38-19-24)21-6-7-21)31(45)44(30(23)41-32)20-22-4-2-3-5-28(22)33(34,35)36/h2-5,8-11,16-19,21H,6-7,12-15,20H2,1H3,(H,39,40,41). The van der Waals surface area contributed by atoms with E-state index in [0.717, 1.165) is 62.3 Å². The quantitative estimate of drug-likeness (QED) is 0.251. The van der Waals surface area contributed by atoms with Crippen molar-refractivity contribution >= 4 is 28.4 Å². The number of fused-ring (bicyclic) bond motifs is 1. The average Bonchev–Trinajstić information content (AvgIpc) is 3.89. The van der Waals surface area contributed by atoms with E-state index in [-0.39, 0.29) is 29.3 Å². The number of nitrogens with zero attached hydrogens (tertiary/aromatic N) is 7. The summed E-state index contributed by atoms with van der Waals surface area (Å²) >= 11 is 0. The van der Waals surface area contributed by atoms with Crippen molar-refractivity contribution < 1.29 is 13.2 Å². The molecule has 0 spiro atoms. The van der Waals surface area contributed by atoms with Crippen LogP contribution in [0, 0.1) is 0 Å². The van der Waals surface area contributed by atoms with Crippen LogP contribution in [-0.2, 0) is 12.7 Å².